The van der Waals surface area contributed by atoms with Gasteiger partial charge in [0, 0.05) is 18.8 Å². The van der Waals surface area contributed by atoms with Crippen molar-refractivity contribution in [2.45, 2.75) is 13.0 Å². The summed E-state index contributed by atoms with van der Waals surface area (Å²) in [4.78, 5) is 2.32. The van der Waals surface area contributed by atoms with Gasteiger partial charge in [0.2, 0.25) is 0 Å². The number of ether oxygens (including phenoxy) is 2. The van der Waals surface area contributed by atoms with Crippen LogP contribution in [0.5, 0.6) is 5.75 Å². The SMILES string of the molecule is CCN1CCOC(COc2c(Cl)cc(N)cc2Cl)C1. The van der Waals surface area contributed by atoms with Crippen molar-refractivity contribution in [2.75, 3.05) is 38.6 Å². The molecule has 2 rings (SSSR count). The standard InChI is InChI=1S/C13H18Cl2N2O2/c1-2-17-3-4-18-10(7-17)8-19-13-11(14)5-9(16)6-12(13)15/h5-6,10H,2-4,7-8,16H2,1H3. The van der Waals surface area contributed by atoms with Crippen molar-refractivity contribution >= 4 is 28.9 Å². The fourth-order valence-electron chi connectivity index (χ4n) is 2.06. The third kappa shape index (κ3) is 3.89. The highest BCUT2D eigenvalue weighted by molar-refractivity contribution is 6.37. The lowest BCUT2D eigenvalue weighted by molar-refractivity contribution is -0.0463. The fourth-order valence-corrected chi connectivity index (χ4v) is 2.68. The molecule has 0 amide bonds. The van der Waals surface area contributed by atoms with Gasteiger partial charge in [0.15, 0.2) is 5.75 Å². The Balaban J connectivity index is 1.95. The molecule has 0 radical (unpaired) electrons. The summed E-state index contributed by atoms with van der Waals surface area (Å²) in [6.07, 6.45) is 0.0402. The molecule has 0 spiro atoms. The minimum atomic E-state index is 0.0402. The zero-order valence-electron chi connectivity index (χ0n) is 10.9. The predicted molar refractivity (Wildman–Crippen MR) is 78.2 cm³/mol. The van der Waals surface area contributed by atoms with Crippen LogP contribution in [0.15, 0.2) is 12.1 Å². The van der Waals surface area contributed by atoms with Crippen LogP contribution in [-0.2, 0) is 4.74 Å². The Hall–Kier alpha value is -0.680. The Morgan fingerprint density at radius 3 is 2.74 bits per heavy atom. The van der Waals surface area contributed by atoms with Crippen LogP contribution >= 0.6 is 23.2 Å². The molecular formula is C13H18Cl2N2O2. The second-order valence-electron chi connectivity index (χ2n) is 4.51. The molecule has 1 aliphatic heterocycles. The third-order valence-corrected chi connectivity index (χ3v) is 3.67. The molecule has 0 aromatic heterocycles. The number of nitrogens with zero attached hydrogens (tertiary/aromatic N) is 1. The average molecular weight is 305 g/mol. The zero-order chi connectivity index (χ0) is 13.8. The number of hydrogen-bond acceptors (Lipinski definition) is 4. The molecule has 0 aliphatic carbocycles. The van der Waals surface area contributed by atoms with Crippen molar-refractivity contribution in [2.24, 2.45) is 0 Å². The van der Waals surface area contributed by atoms with E-state index in [9.17, 15) is 0 Å². The van der Waals surface area contributed by atoms with E-state index in [0.29, 0.717) is 28.1 Å². The molecule has 2 N–H and O–H groups in total. The molecule has 1 aliphatic rings. The van der Waals surface area contributed by atoms with E-state index in [2.05, 4.69) is 11.8 Å². The summed E-state index contributed by atoms with van der Waals surface area (Å²) in [5.74, 6) is 0.467. The molecule has 106 valence electrons. The highest BCUT2D eigenvalue weighted by atomic mass is 35.5. The molecule has 6 heteroatoms. The van der Waals surface area contributed by atoms with Crippen molar-refractivity contribution < 1.29 is 9.47 Å². The smallest absolute Gasteiger partial charge is 0.156 e. The third-order valence-electron chi connectivity index (χ3n) is 3.10. The molecule has 1 saturated heterocycles. The maximum absolute atomic E-state index is 6.07. The molecule has 1 unspecified atom stereocenters. The Morgan fingerprint density at radius 2 is 2.11 bits per heavy atom. The van der Waals surface area contributed by atoms with Crippen molar-refractivity contribution in [1.82, 2.24) is 4.90 Å². The first-order chi connectivity index (χ1) is 9.10. The van der Waals surface area contributed by atoms with Gasteiger partial charge in [-0.15, -0.1) is 0 Å². The number of nitrogen functional groups attached to an aromatic ring is 1. The summed E-state index contributed by atoms with van der Waals surface area (Å²) in [5, 5.41) is 0.848. The maximum Gasteiger partial charge on any atom is 0.156 e. The number of rotatable bonds is 4. The van der Waals surface area contributed by atoms with Crippen molar-refractivity contribution in [3.05, 3.63) is 22.2 Å². The van der Waals surface area contributed by atoms with Crippen LogP contribution in [0, 0.1) is 0 Å². The Labute approximate surface area is 123 Å². The second kappa shape index (κ2) is 6.66. The van der Waals surface area contributed by atoms with Crippen LogP contribution in [0.25, 0.3) is 0 Å². The Bertz CT molecular complexity index is 420. The van der Waals surface area contributed by atoms with Crippen LogP contribution < -0.4 is 10.5 Å². The number of anilines is 1. The van der Waals surface area contributed by atoms with Gasteiger partial charge in [-0.05, 0) is 18.7 Å². The van der Waals surface area contributed by atoms with E-state index in [1.165, 1.54) is 0 Å². The highest BCUT2D eigenvalue weighted by Crippen LogP contribution is 2.35. The monoisotopic (exact) mass is 304 g/mol. The lowest BCUT2D eigenvalue weighted by Gasteiger charge is -2.32. The number of nitrogens with two attached hydrogens (primary N) is 1. The molecular weight excluding hydrogens is 287 g/mol. The van der Waals surface area contributed by atoms with Gasteiger partial charge in [0.1, 0.15) is 12.7 Å². The van der Waals surface area contributed by atoms with E-state index in [-0.39, 0.29) is 6.10 Å². The van der Waals surface area contributed by atoms with E-state index in [4.69, 9.17) is 38.4 Å². The van der Waals surface area contributed by atoms with Gasteiger partial charge in [-0.3, -0.25) is 4.90 Å². The van der Waals surface area contributed by atoms with E-state index >= 15 is 0 Å². The zero-order valence-corrected chi connectivity index (χ0v) is 12.4. The number of hydrogen-bond donors (Lipinski definition) is 1. The molecule has 0 bridgehead atoms. The lowest BCUT2D eigenvalue weighted by atomic mass is 10.2. The summed E-state index contributed by atoms with van der Waals surface area (Å²) in [6.45, 7) is 6.14. The lowest BCUT2D eigenvalue weighted by Crippen LogP contribution is -2.44. The summed E-state index contributed by atoms with van der Waals surface area (Å²) in [5.41, 5.74) is 6.17. The van der Waals surface area contributed by atoms with Gasteiger partial charge in [-0.25, -0.2) is 0 Å². The van der Waals surface area contributed by atoms with E-state index in [1.807, 2.05) is 0 Å². The minimum Gasteiger partial charge on any atom is -0.488 e. The van der Waals surface area contributed by atoms with Crippen LogP contribution in [0.1, 0.15) is 6.92 Å². The summed E-state index contributed by atoms with van der Waals surface area (Å²) >= 11 is 12.1. The maximum atomic E-state index is 6.07. The molecule has 1 atom stereocenters. The van der Waals surface area contributed by atoms with Gasteiger partial charge in [-0.1, -0.05) is 30.1 Å². The number of likely N-dealkylation sites (N-methyl/N-ethyl adjacent to an activating group) is 1. The Kier molecular flexibility index (Phi) is 5.16. The van der Waals surface area contributed by atoms with Crippen LogP contribution in [0.4, 0.5) is 5.69 Å². The molecule has 0 saturated carbocycles. The van der Waals surface area contributed by atoms with Crippen LogP contribution in [0.3, 0.4) is 0 Å². The van der Waals surface area contributed by atoms with Gasteiger partial charge < -0.3 is 15.2 Å². The van der Waals surface area contributed by atoms with Crippen LogP contribution in [0.2, 0.25) is 10.0 Å². The normalized spacial score (nSPS) is 20.5. The Morgan fingerprint density at radius 1 is 1.42 bits per heavy atom. The number of halogens is 2. The van der Waals surface area contributed by atoms with E-state index in [1.54, 1.807) is 12.1 Å². The number of morpholine rings is 1. The van der Waals surface area contributed by atoms with Crippen molar-refractivity contribution in [3.8, 4) is 5.75 Å². The van der Waals surface area contributed by atoms with Gasteiger partial charge in [0.25, 0.3) is 0 Å². The highest BCUT2D eigenvalue weighted by Gasteiger charge is 2.20. The van der Waals surface area contributed by atoms with Gasteiger partial charge in [-0.2, -0.15) is 0 Å². The van der Waals surface area contributed by atoms with Crippen molar-refractivity contribution in [1.29, 1.82) is 0 Å². The summed E-state index contributed by atoms with van der Waals surface area (Å²) in [7, 11) is 0. The quantitative estimate of drug-likeness (QED) is 0.869. The molecule has 1 aromatic carbocycles. The van der Waals surface area contributed by atoms with Crippen LogP contribution in [-0.4, -0.2) is 43.9 Å². The number of benzene rings is 1. The summed E-state index contributed by atoms with van der Waals surface area (Å²) in [6, 6.07) is 3.26. The first kappa shape index (κ1) is 14.7. The van der Waals surface area contributed by atoms with Gasteiger partial charge in [0.05, 0.1) is 16.7 Å². The molecule has 1 aromatic rings. The fraction of sp³-hybridized carbons (Fsp3) is 0.538. The largest absolute Gasteiger partial charge is 0.488 e. The molecule has 4 nitrogen and oxygen atoms in total. The predicted octanol–water partition coefficient (Wildman–Crippen LogP) is 2.68. The second-order valence-corrected chi connectivity index (χ2v) is 5.33. The van der Waals surface area contributed by atoms with E-state index in [0.717, 1.165) is 26.2 Å². The topological polar surface area (TPSA) is 47.7 Å². The molecule has 1 fully saturated rings. The van der Waals surface area contributed by atoms with E-state index < -0.39 is 0 Å². The van der Waals surface area contributed by atoms with Crippen molar-refractivity contribution in [3.63, 3.8) is 0 Å². The van der Waals surface area contributed by atoms with Gasteiger partial charge >= 0.3 is 0 Å². The first-order valence-corrected chi connectivity index (χ1v) is 7.07. The minimum absolute atomic E-state index is 0.0402. The molecule has 1 heterocycles. The first-order valence-electron chi connectivity index (χ1n) is 6.31. The summed E-state index contributed by atoms with van der Waals surface area (Å²) < 4.78 is 11.3. The average Bonchev–Trinajstić information content (AvgIpc) is 2.37. The molecule has 19 heavy (non-hydrogen) atoms.